The van der Waals surface area contributed by atoms with Gasteiger partial charge in [-0.1, -0.05) is 40.7 Å². The summed E-state index contributed by atoms with van der Waals surface area (Å²) in [5, 5.41) is 3.47. The predicted octanol–water partition coefficient (Wildman–Crippen LogP) is 3.45. The largest absolute Gasteiger partial charge is 0.356 e. The first-order chi connectivity index (χ1) is 8.73. The van der Waals surface area contributed by atoms with Crippen molar-refractivity contribution in [2.45, 2.75) is 60.2 Å². The van der Waals surface area contributed by atoms with E-state index in [0.29, 0.717) is 12.1 Å². The lowest BCUT2D eigenvalue weighted by Crippen LogP contribution is -2.40. The van der Waals surface area contributed by atoms with Crippen molar-refractivity contribution < 1.29 is 0 Å². The highest BCUT2D eigenvalue weighted by Crippen LogP contribution is 2.27. The third-order valence-corrected chi connectivity index (χ3v) is 3.74. The maximum atomic E-state index is 4.58. The van der Waals surface area contributed by atoms with E-state index in [2.05, 4.69) is 69.9 Å². The van der Waals surface area contributed by atoms with Crippen molar-refractivity contribution in [3.8, 4) is 0 Å². The van der Waals surface area contributed by atoms with Crippen LogP contribution < -0.4 is 10.2 Å². The summed E-state index contributed by atoms with van der Waals surface area (Å²) in [6.45, 7) is 14.3. The molecule has 0 saturated heterocycles. The first kappa shape index (κ1) is 16.0. The second kappa shape index (κ2) is 6.38. The molecule has 1 unspecified atom stereocenters. The van der Waals surface area contributed by atoms with Gasteiger partial charge in [0.05, 0.1) is 0 Å². The minimum Gasteiger partial charge on any atom is -0.356 e. The van der Waals surface area contributed by atoms with Crippen molar-refractivity contribution in [1.29, 1.82) is 0 Å². The van der Waals surface area contributed by atoms with Crippen molar-refractivity contribution in [3.63, 3.8) is 0 Å². The molecule has 0 aliphatic rings. The highest BCUT2D eigenvalue weighted by Gasteiger charge is 2.25. The zero-order valence-corrected chi connectivity index (χ0v) is 13.5. The number of nitrogens with zero attached hydrogens (tertiary/aromatic N) is 2. The Kier molecular flexibility index (Phi) is 5.36. The Morgan fingerprint density at radius 3 is 2.42 bits per heavy atom. The van der Waals surface area contributed by atoms with Gasteiger partial charge in [-0.2, -0.15) is 0 Å². The monoisotopic (exact) mass is 263 g/mol. The Hall–Kier alpha value is -1.09. The number of anilines is 1. The number of nitrogens with one attached hydrogen (secondary N) is 1. The molecule has 0 saturated carbocycles. The number of aromatic nitrogens is 1. The average molecular weight is 263 g/mol. The van der Waals surface area contributed by atoms with Gasteiger partial charge in [0.25, 0.3) is 0 Å². The van der Waals surface area contributed by atoms with Crippen LogP contribution in [0.3, 0.4) is 0 Å². The molecule has 1 N–H and O–H groups in total. The molecular weight excluding hydrogens is 234 g/mol. The van der Waals surface area contributed by atoms with Crippen molar-refractivity contribution in [2.24, 2.45) is 5.41 Å². The molecule has 1 heterocycles. The molecule has 0 bridgehead atoms. The predicted molar refractivity (Wildman–Crippen MR) is 83.5 cm³/mol. The Morgan fingerprint density at radius 2 is 1.89 bits per heavy atom. The zero-order chi connectivity index (χ0) is 14.6. The molecule has 3 nitrogen and oxygen atoms in total. The fourth-order valence-electron chi connectivity index (χ4n) is 1.96. The molecule has 3 heteroatoms. The lowest BCUT2D eigenvalue weighted by molar-refractivity contribution is 0.328. The zero-order valence-electron chi connectivity index (χ0n) is 13.5. The van der Waals surface area contributed by atoms with Gasteiger partial charge >= 0.3 is 0 Å². The van der Waals surface area contributed by atoms with Crippen LogP contribution in [0.5, 0.6) is 0 Å². The Balaban J connectivity index is 2.93. The van der Waals surface area contributed by atoms with E-state index in [0.717, 1.165) is 12.4 Å². The van der Waals surface area contributed by atoms with Gasteiger partial charge in [-0.15, -0.1) is 0 Å². The highest BCUT2D eigenvalue weighted by atomic mass is 15.2. The van der Waals surface area contributed by atoms with Crippen LogP contribution in [0, 0.1) is 5.41 Å². The third kappa shape index (κ3) is 4.50. The van der Waals surface area contributed by atoms with Crippen LogP contribution in [-0.4, -0.2) is 24.1 Å². The smallest absolute Gasteiger partial charge is 0.133 e. The lowest BCUT2D eigenvalue weighted by atomic mass is 9.87. The fraction of sp³-hybridized carbons (Fsp3) is 0.688. The first-order valence-corrected chi connectivity index (χ1v) is 7.13. The van der Waals surface area contributed by atoms with Crippen LogP contribution in [0.2, 0.25) is 0 Å². The fourth-order valence-corrected chi connectivity index (χ4v) is 1.96. The van der Waals surface area contributed by atoms with Gasteiger partial charge in [-0.25, -0.2) is 4.98 Å². The molecular formula is C16H29N3. The van der Waals surface area contributed by atoms with Gasteiger partial charge in [-0.05, 0) is 18.4 Å². The summed E-state index contributed by atoms with van der Waals surface area (Å²) >= 11 is 0. The molecule has 1 rings (SSSR count). The van der Waals surface area contributed by atoms with Gasteiger partial charge < -0.3 is 10.2 Å². The van der Waals surface area contributed by atoms with Crippen molar-refractivity contribution in [1.82, 2.24) is 10.3 Å². The van der Waals surface area contributed by atoms with Gasteiger partial charge in [-0.3, -0.25) is 0 Å². The lowest BCUT2D eigenvalue weighted by Gasteiger charge is -2.37. The normalized spacial score (nSPS) is 13.7. The summed E-state index contributed by atoms with van der Waals surface area (Å²) < 4.78 is 0. The second-order valence-electron chi connectivity index (χ2n) is 6.67. The van der Waals surface area contributed by atoms with Crippen LogP contribution in [0.1, 0.15) is 47.1 Å². The molecule has 1 aromatic heterocycles. The van der Waals surface area contributed by atoms with Crippen LogP contribution in [0.4, 0.5) is 5.82 Å². The number of pyridine rings is 1. The minimum absolute atomic E-state index is 0.231. The number of hydrogen-bond donors (Lipinski definition) is 1. The van der Waals surface area contributed by atoms with Crippen LogP contribution in [-0.2, 0) is 6.54 Å². The van der Waals surface area contributed by atoms with E-state index < -0.39 is 0 Å². The summed E-state index contributed by atoms with van der Waals surface area (Å²) in [6.07, 6.45) is 1.88. The molecule has 1 atom stereocenters. The maximum Gasteiger partial charge on any atom is 0.133 e. The van der Waals surface area contributed by atoms with E-state index in [4.69, 9.17) is 0 Å². The van der Waals surface area contributed by atoms with Crippen LogP contribution in [0.25, 0.3) is 0 Å². The van der Waals surface area contributed by atoms with E-state index in [1.54, 1.807) is 0 Å². The molecule has 0 fully saturated rings. The Morgan fingerprint density at radius 1 is 1.26 bits per heavy atom. The quantitative estimate of drug-likeness (QED) is 0.882. The molecule has 0 amide bonds. The molecule has 0 radical (unpaired) electrons. The van der Waals surface area contributed by atoms with Crippen molar-refractivity contribution in [3.05, 3.63) is 23.9 Å². The topological polar surface area (TPSA) is 28.2 Å². The SMILES string of the molecule is CC(C)NCc1cccnc1N(C)C(C)C(C)(C)C. The highest BCUT2D eigenvalue weighted by molar-refractivity contribution is 5.47. The average Bonchev–Trinajstić information content (AvgIpc) is 2.33. The van der Waals surface area contributed by atoms with Crippen LogP contribution >= 0.6 is 0 Å². The van der Waals surface area contributed by atoms with Crippen molar-refractivity contribution in [2.75, 3.05) is 11.9 Å². The molecule has 0 aliphatic heterocycles. The van der Waals surface area contributed by atoms with Gasteiger partial charge in [0.2, 0.25) is 0 Å². The number of rotatable bonds is 5. The molecule has 0 spiro atoms. The third-order valence-electron chi connectivity index (χ3n) is 3.74. The van der Waals surface area contributed by atoms with Gasteiger partial charge in [0.15, 0.2) is 0 Å². The second-order valence-corrected chi connectivity index (χ2v) is 6.67. The Labute approximate surface area is 118 Å². The van der Waals surface area contributed by atoms with E-state index in [9.17, 15) is 0 Å². The molecule has 19 heavy (non-hydrogen) atoms. The molecule has 1 aromatic rings. The van der Waals surface area contributed by atoms with Crippen LogP contribution in [0.15, 0.2) is 18.3 Å². The van der Waals surface area contributed by atoms with Crippen molar-refractivity contribution >= 4 is 5.82 Å². The van der Waals surface area contributed by atoms with E-state index in [1.807, 2.05) is 12.3 Å². The minimum atomic E-state index is 0.231. The number of hydrogen-bond acceptors (Lipinski definition) is 3. The molecule has 0 aromatic carbocycles. The Bertz CT molecular complexity index is 393. The van der Waals surface area contributed by atoms with E-state index >= 15 is 0 Å². The summed E-state index contributed by atoms with van der Waals surface area (Å²) in [6, 6.07) is 5.08. The summed E-state index contributed by atoms with van der Waals surface area (Å²) in [5.74, 6) is 1.08. The first-order valence-electron chi connectivity index (χ1n) is 7.13. The standard InChI is InChI=1S/C16H29N3/c1-12(2)18-11-14-9-8-10-17-15(14)19(7)13(3)16(4,5)6/h8-10,12-13,18H,11H2,1-7H3. The summed E-state index contributed by atoms with van der Waals surface area (Å²) in [4.78, 5) is 6.87. The summed E-state index contributed by atoms with van der Waals surface area (Å²) in [5.41, 5.74) is 1.49. The van der Waals surface area contributed by atoms with Gasteiger partial charge in [0, 0.05) is 37.4 Å². The van der Waals surface area contributed by atoms with E-state index in [1.165, 1.54) is 5.56 Å². The molecule has 0 aliphatic carbocycles. The maximum absolute atomic E-state index is 4.58. The summed E-state index contributed by atoms with van der Waals surface area (Å²) in [7, 11) is 2.14. The van der Waals surface area contributed by atoms with E-state index in [-0.39, 0.29) is 5.41 Å². The van der Waals surface area contributed by atoms with Gasteiger partial charge in [0.1, 0.15) is 5.82 Å². The molecule has 108 valence electrons.